The van der Waals surface area contributed by atoms with Gasteiger partial charge in [0, 0.05) is 6.07 Å². The zero-order valence-corrected chi connectivity index (χ0v) is 14.5. The summed E-state index contributed by atoms with van der Waals surface area (Å²) in [5, 5.41) is 5.51. The van der Waals surface area contributed by atoms with E-state index in [-0.39, 0.29) is 25.9 Å². The zero-order valence-electron chi connectivity index (χ0n) is 13.8. The van der Waals surface area contributed by atoms with Crippen molar-refractivity contribution in [1.29, 1.82) is 0 Å². The van der Waals surface area contributed by atoms with E-state index in [1.165, 1.54) is 0 Å². The van der Waals surface area contributed by atoms with Gasteiger partial charge in [0.1, 0.15) is 12.4 Å². The molecule has 3 rings (SSSR count). The van der Waals surface area contributed by atoms with Gasteiger partial charge >= 0.3 is 0 Å². The van der Waals surface area contributed by atoms with Crippen LogP contribution < -0.4 is 24.8 Å². The van der Waals surface area contributed by atoms with Crippen LogP contribution in [0.3, 0.4) is 0 Å². The van der Waals surface area contributed by atoms with Gasteiger partial charge in [-0.1, -0.05) is 23.7 Å². The van der Waals surface area contributed by atoms with Gasteiger partial charge in [-0.25, -0.2) is 0 Å². The van der Waals surface area contributed by atoms with Crippen LogP contribution in [0, 0.1) is 0 Å². The number of halogens is 1. The van der Waals surface area contributed by atoms with Crippen LogP contribution in [0.25, 0.3) is 0 Å². The highest BCUT2D eigenvalue weighted by atomic mass is 35.5. The maximum absolute atomic E-state index is 12.0. The fraction of sp³-hybridized carbons (Fsp3) is 0.222. The topological polar surface area (TPSA) is 85.9 Å². The Bertz CT molecular complexity index is 812. The van der Waals surface area contributed by atoms with Crippen molar-refractivity contribution in [2.45, 2.75) is 0 Å². The van der Waals surface area contributed by atoms with E-state index in [1.54, 1.807) is 42.5 Å². The number of hydrogen-bond donors (Lipinski definition) is 2. The van der Waals surface area contributed by atoms with Crippen LogP contribution in [0.5, 0.6) is 17.2 Å². The van der Waals surface area contributed by atoms with Crippen molar-refractivity contribution in [1.82, 2.24) is 10.6 Å². The molecule has 2 aromatic rings. The number of amides is 2. The fourth-order valence-corrected chi connectivity index (χ4v) is 2.51. The number of fused-ring (bicyclic) bond motifs is 1. The summed E-state index contributed by atoms with van der Waals surface area (Å²) in [4.78, 5) is 23.7. The summed E-state index contributed by atoms with van der Waals surface area (Å²) >= 11 is 5.94. The molecule has 7 nitrogen and oxygen atoms in total. The van der Waals surface area contributed by atoms with Gasteiger partial charge in [0.05, 0.1) is 23.7 Å². The average molecular weight is 377 g/mol. The Labute approximate surface area is 155 Å². The molecule has 0 saturated heterocycles. The molecule has 0 unspecified atom stereocenters. The standard InChI is InChI=1S/C18H17ClN2O5/c19-14-4-2-1-3-13(14)18(23)21-10-17(22)20-7-8-24-12-5-6-15-16(9-12)26-11-25-15/h1-6,9H,7-8,10-11H2,(H,20,22)(H,21,23). The molecule has 1 heterocycles. The Morgan fingerprint density at radius 2 is 1.88 bits per heavy atom. The van der Waals surface area contributed by atoms with Crippen molar-refractivity contribution in [2.75, 3.05) is 26.5 Å². The summed E-state index contributed by atoms with van der Waals surface area (Å²) in [6, 6.07) is 11.9. The van der Waals surface area contributed by atoms with Crippen molar-refractivity contribution in [3.63, 3.8) is 0 Å². The lowest BCUT2D eigenvalue weighted by Crippen LogP contribution is -2.38. The van der Waals surface area contributed by atoms with Crippen LogP contribution in [-0.2, 0) is 4.79 Å². The van der Waals surface area contributed by atoms with Gasteiger partial charge in [0.2, 0.25) is 12.7 Å². The molecule has 1 aliphatic rings. The third-order valence-corrected chi connectivity index (χ3v) is 3.89. The lowest BCUT2D eigenvalue weighted by atomic mass is 10.2. The number of carbonyl (C=O) groups is 2. The molecule has 0 spiro atoms. The number of hydrogen-bond acceptors (Lipinski definition) is 5. The van der Waals surface area contributed by atoms with Crippen LogP contribution in [0.15, 0.2) is 42.5 Å². The summed E-state index contributed by atoms with van der Waals surface area (Å²) in [7, 11) is 0. The third kappa shape index (κ3) is 4.58. The van der Waals surface area contributed by atoms with E-state index >= 15 is 0 Å². The summed E-state index contributed by atoms with van der Waals surface area (Å²) in [5.74, 6) is 1.21. The Morgan fingerprint density at radius 3 is 2.73 bits per heavy atom. The number of benzene rings is 2. The highest BCUT2D eigenvalue weighted by Crippen LogP contribution is 2.34. The van der Waals surface area contributed by atoms with Crippen LogP contribution in [0.1, 0.15) is 10.4 Å². The maximum atomic E-state index is 12.0. The second kappa shape index (κ2) is 8.44. The first kappa shape index (κ1) is 17.9. The minimum absolute atomic E-state index is 0.145. The Balaban J connectivity index is 1.35. The van der Waals surface area contributed by atoms with E-state index in [4.69, 9.17) is 25.8 Å². The van der Waals surface area contributed by atoms with Crippen molar-refractivity contribution in [3.05, 3.63) is 53.1 Å². The zero-order chi connectivity index (χ0) is 18.4. The molecule has 0 aliphatic carbocycles. The van der Waals surface area contributed by atoms with Gasteiger partial charge in [0.25, 0.3) is 5.91 Å². The molecule has 2 N–H and O–H groups in total. The predicted molar refractivity (Wildman–Crippen MR) is 94.9 cm³/mol. The van der Waals surface area contributed by atoms with E-state index in [0.29, 0.717) is 34.4 Å². The van der Waals surface area contributed by atoms with E-state index in [0.717, 1.165) is 0 Å². The van der Waals surface area contributed by atoms with Gasteiger partial charge < -0.3 is 24.8 Å². The lowest BCUT2D eigenvalue weighted by Gasteiger charge is -2.09. The summed E-state index contributed by atoms with van der Waals surface area (Å²) < 4.78 is 16.0. The number of ether oxygens (including phenoxy) is 3. The van der Waals surface area contributed by atoms with Crippen molar-refractivity contribution >= 4 is 23.4 Å². The molecular weight excluding hydrogens is 360 g/mol. The number of rotatable bonds is 7. The van der Waals surface area contributed by atoms with E-state index in [1.807, 2.05) is 0 Å². The van der Waals surface area contributed by atoms with Crippen LogP contribution in [0.4, 0.5) is 0 Å². The van der Waals surface area contributed by atoms with Gasteiger partial charge in [-0.15, -0.1) is 0 Å². The molecule has 136 valence electrons. The van der Waals surface area contributed by atoms with Gasteiger partial charge in [-0.2, -0.15) is 0 Å². The minimum atomic E-state index is -0.401. The quantitative estimate of drug-likeness (QED) is 0.722. The first-order valence-electron chi connectivity index (χ1n) is 7.95. The molecule has 0 aromatic heterocycles. The van der Waals surface area contributed by atoms with Crippen LogP contribution in [-0.4, -0.2) is 38.3 Å². The number of carbonyl (C=O) groups excluding carboxylic acids is 2. The molecule has 0 saturated carbocycles. The molecule has 26 heavy (non-hydrogen) atoms. The van der Waals surface area contributed by atoms with E-state index < -0.39 is 5.91 Å². The molecule has 1 aliphatic heterocycles. The fourth-order valence-electron chi connectivity index (χ4n) is 2.29. The second-order valence-corrected chi connectivity index (χ2v) is 5.78. The molecule has 0 atom stereocenters. The lowest BCUT2D eigenvalue weighted by molar-refractivity contribution is -0.120. The molecule has 0 bridgehead atoms. The summed E-state index contributed by atoms with van der Waals surface area (Å²) in [6.07, 6.45) is 0. The van der Waals surface area contributed by atoms with Crippen molar-refractivity contribution in [2.24, 2.45) is 0 Å². The van der Waals surface area contributed by atoms with Gasteiger partial charge in [-0.05, 0) is 24.3 Å². The predicted octanol–water partition coefficient (Wildman–Crippen LogP) is 1.99. The normalized spacial score (nSPS) is 11.7. The SMILES string of the molecule is O=C(CNC(=O)c1ccccc1Cl)NCCOc1ccc2c(c1)OCO2. The highest BCUT2D eigenvalue weighted by molar-refractivity contribution is 6.33. The van der Waals surface area contributed by atoms with Crippen molar-refractivity contribution in [3.8, 4) is 17.2 Å². The number of nitrogens with one attached hydrogen (secondary N) is 2. The molecule has 2 aromatic carbocycles. The Morgan fingerprint density at radius 1 is 1.08 bits per heavy atom. The molecule has 0 fully saturated rings. The van der Waals surface area contributed by atoms with Crippen LogP contribution in [0.2, 0.25) is 5.02 Å². The molecule has 8 heteroatoms. The van der Waals surface area contributed by atoms with Crippen molar-refractivity contribution < 1.29 is 23.8 Å². The van der Waals surface area contributed by atoms with E-state index in [9.17, 15) is 9.59 Å². The Hall–Kier alpha value is -2.93. The maximum Gasteiger partial charge on any atom is 0.253 e. The van der Waals surface area contributed by atoms with Gasteiger partial charge in [-0.3, -0.25) is 9.59 Å². The first-order chi connectivity index (χ1) is 12.6. The smallest absolute Gasteiger partial charge is 0.253 e. The largest absolute Gasteiger partial charge is 0.492 e. The molecular formula is C18H17ClN2O5. The van der Waals surface area contributed by atoms with Gasteiger partial charge in [0.15, 0.2) is 11.5 Å². The molecule has 0 radical (unpaired) electrons. The third-order valence-electron chi connectivity index (χ3n) is 3.56. The average Bonchev–Trinajstić information content (AvgIpc) is 3.11. The summed E-state index contributed by atoms with van der Waals surface area (Å²) in [5.41, 5.74) is 0.327. The minimum Gasteiger partial charge on any atom is -0.492 e. The second-order valence-electron chi connectivity index (χ2n) is 5.38. The monoisotopic (exact) mass is 376 g/mol. The van der Waals surface area contributed by atoms with E-state index in [2.05, 4.69) is 10.6 Å². The molecule has 2 amide bonds. The summed E-state index contributed by atoms with van der Waals surface area (Å²) in [6.45, 7) is 0.641. The highest BCUT2D eigenvalue weighted by Gasteiger charge is 2.14. The first-order valence-corrected chi connectivity index (χ1v) is 8.33. The Kier molecular flexibility index (Phi) is 5.80. The van der Waals surface area contributed by atoms with Crippen LogP contribution >= 0.6 is 11.6 Å².